The van der Waals surface area contributed by atoms with Gasteiger partial charge in [0.1, 0.15) is 12.0 Å². The number of nitro groups is 1. The number of aryl methyl sites for hydroxylation is 1. The van der Waals surface area contributed by atoms with Crippen molar-refractivity contribution in [2.75, 3.05) is 7.11 Å². The number of hydrogen-bond donors (Lipinski definition) is 0. The van der Waals surface area contributed by atoms with Crippen molar-refractivity contribution in [1.82, 2.24) is 0 Å². The van der Waals surface area contributed by atoms with E-state index in [1.165, 1.54) is 13.2 Å². The summed E-state index contributed by atoms with van der Waals surface area (Å²) in [4.78, 5) is 20.8. The minimum Gasteiger partial charge on any atom is -0.496 e. The molecule has 0 fully saturated rings. The molecule has 0 unspecified atom stereocenters. The highest BCUT2D eigenvalue weighted by atomic mass is 16.6. The van der Waals surface area contributed by atoms with Gasteiger partial charge in [-0.05, 0) is 12.5 Å². The second-order valence-electron chi connectivity index (χ2n) is 3.27. The zero-order valence-corrected chi connectivity index (χ0v) is 9.23. The van der Waals surface area contributed by atoms with Gasteiger partial charge in [-0.2, -0.15) is 0 Å². The monoisotopic (exact) mass is 223 g/mol. The maximum absolute atomic E-state index is 10.8. The summed E-state index contributed by atoms with van der Waals surface area (Å²) < 4.78 is 5.12. The van der Waals surface area contributed by atoms with E-state index in [0.717, 1.165) is 5.56 Å². The van der Waals surface area contributed by atoms with Gasteiger partial charge in [0, 0.05) is 23.6 Å². The van der Waals surface area contributed by atoms with Gasteiger partial charge in [-0.15, -0.1) is 0 Å². The number of nitrogens with zero attached hydrogens (tertiary/aromatic N) is 1. The molecule has 0 radical (unpaired) electrons. The Kier molecular flexibility index (Phi) is 3.99. The van der Waals surface area contributed by atoms with Gasteiger partial charge in [0.25, 0.3) is 5.69 Å². The number of benzene rings is 1. The Balaban J connectivity index is 3.34. The van der Waals surface area contributed by atoms with E-state index in [1.807, 2.05) is 6.92 Å². The van der Waals surface area contributed by atoms with E-state index in [2.05, 4.69) is 0 Å². The molecule has 16 heavy (non-hydrogen) atoms. The predicted molar refractivity (Wildman–Crippen MR) is 58.8 cm³/mol. The van der Waals surface area contributed by atoms with Crippen LogP contribution in [0.4, 0.5) is 5.69 Å². The van der Waals surface area contributed by atoms with Crippen LogP contribution >= 0.6 is 0 Å². The average molecular weight is 223 g/mol. The number of carbonyl (C=O) groups is 1. The number of rotatable bonds is 5. The standard InChI is InChI=1S/C11H13NO4/c1-3-8-6-10(12(14)15)9(4-5-13)7-11(8)16-2/h5-7H,3-4H2,1-2H3. The first kappa shape index (κ1) is 12.2. The van der Waals surface area contributed by atoms with E-state index in [1.54, 1.807) is 6.07 Å². The normalized spacial score (nSPS) is 9.88. The van der Waals surface area contributed by atoms with Gasteiger partial charge in [0.05, 0.1) is 12.0 Å². The Morgan fingerprint density at radius 2 is 2.12 bits per heavy atom. The SMILES string of the molecule is CCc1cc([N+](=O)[O-])c(CC=O)cc1OC. The molecule has 0 aromatic heterocycles. The third kappa shape index (κ3) is 2.36. The second-order valence-corrected chi connectivity index (χ2v) is 3.27. The van der Waals surface area contributed by atoms with E-state index in [4.69, 9.17) is 4.74 Å². The molecule has 0 saturated heterocycles. The third-order valence-electron chi connectivity index (χ3n) is 2.36. The molecule has 86 valence electrons. The van der Waals surface area contributed by atoms with Crippen LogP contribution in [-0.4, -0.2) is 18.3 Å². The van der Waals surface area contributed by atoms with E-state index in [9.17, 15) is 14.9 Å². The zero-order chi connectivity index (χ0) is 12.1. The molecular formula is C11H13NO4. The Morgan fingerprint density at radius 3 is 2.56 bits per heavy atom. The molecule has 0 aliphatic heterocycles. The van der Waals surface area contributed by atoms with E-state index >= 15 is 0 Å². The molecule has 0 heterocycles. The lowest BCUT2D eigenvalue weighted by atomic mass is 10.0. The highest BCUT2D eigenvalue weighted by Gasteiger charge is 2.17. The number of hydrogen-bond acceptors (Lipinski definition) is 4. The summed E-state index contributed by atoms with van der Waals surface area (Å²) in [5.74, 6) is 0.588. The smallest absolute Gasteiger partial charge is 0.273 e. The van der Waals surface area contributed by atoms with Crippen molar-refractivity contribution in [3.8, 4) is 5.75 Å². The van der Waals surface area contributed by atoms with Gasteiger partial charge in [-0.1, -0.05) is 6.92 Å². The fourth-order valence-electron chi connectivity index (χ4n) is 1.54. The molecule has 0 aliphatic rings. The van der Waals surface area contributed by atoms with Crippen molar-refractivity contribution in [3.05, 3.63) is 33.4 Å². The summed E-state index contributed by atoms with van der Waals surface area (Å²) in [7, 11) is 1.50. The van der Waals surface area contributed by atoms with Crippen LogP contribution < -0.4 is 4.74 Å². The highest BCUT2D eigenvalue weighted by molar-refractivity contribution is 5.61. The fraction of sp³-hybridized carbons (Fsp3) is 0.364. The molecule has 0 aliphatic carbocycles. The lowest BCUT2D eigenvalue weighted by molar-refractivity contribution is -0.385. The molecule has 5 heteroatoms. The van der Waals surface area contributed by atoms with Gasteiger partial charge in [-0.25, -0.2) is 0 Å². The third-order valence-corrected chi connectivity index (χ3v) is 2.36. The van der Waals surface area contributed by atoms with Crippen LogP contribution in [-0.2, 0) is 17.6 Å². The summed E-state index contributed by atoms with van der Waals surface area (Å²) in [5, 5.41) is 10.8. The van der Waals surface area contributed by atoms with Crippen LogP contribution in [0, 0.1) is 10.1 Å². The van der Waals surface area contributed by atoms with Gasteiger partial charge in [0.15, 0.2) is 0 Å². The minimum absolute atomic E-state index is 0.0234. The Morgan fingerprint density at radius 1 is 1.44 bits per heavy atom. The number of carbonyl (C=O) groups excluding carboxylic acids is 1. The molecule has 0 atom stereocenters. The number of nitro benzene ring substituents is 1. The first-order valence-corrected chi connectivity index (χ1v) is 4.91. The molecule has 0 saturated carbocycles. The van der Waals surface area contributed by atoms with Gasteiger partial charge >= 0.3 is 0 Å². The number of ether oxygens (including phenoxy) is 1. The fourth-order valence-corrected chi connectivity index (χ4v) is 1.54. The average Bonchev–Trinajstić information content (AvgIpc) is 2.28. The maximum Gasteiger partial charge on any atom is 0.273 e. The Labute approximate surface area is 93.2 Å². The van der Waals surface area contributed by atoms with E-state index in [-0.39, 0.29) is 12.1 Å². The summed E-state index contributed by atoms with van der Waals surface area (Å²) in [6.45, 7) is 1.89. The lowest BCUT2D eigenvalue weighted by Crippen LogP contribution is -2.00. The van der Waals surface area contributed by atoms with Crippen LogP contribution in [0.25, 0.3) is 0 Å². The van der Waals surface area contributed by atoms with Crippen LogP contribution in [0.5, 0.6) is 5.75 Å². The first-order chi connectivity index (χ1) is 7.63. The predicted octanol–water partition coefficient (Wildman–Crippen LogP) is 1.91. The van der Waals surface area contributed by atoms with Crippen molar-refractivity contribution in [1.29, 1.82) is 0 Å². The number of methoxy groups -OCH3 is 1. The van der Waals surface area contributed by atoms with Crippen molar-refractivity contribution in [3.63, 3.8) is 0 Å². The van der Waals surface area contributed by atoms with Gasteiger partial charge in [-0.3, -0.25) is 10.1 Å². The number of aldehydes is 1. The summed E-state index contributed by atoms with van der Waals surface area (Å²) in [6.07, 6.45) is 1.31. The van der Waals surface area contributed by atoms with Crippen LogP contribution in [0.2, 0.25) is 0 Å². The molecule has 1 rings (SSSR count). The largest absolute Gasteiger partial charge is 0.496 e. The van der Waals surface area contributed by atoms with Gasteiger partial charge < -0.3 is 9.53 Å². The summed E-state index contributed by atoms with van der Waals surface area (Å²) in [5.41, 5.74) is 1.13. The zero-order valence-electron chi connectivity index (χ0n) is 9.23. The summed E-state index contributed by atoms with van der Waals surface area (Å²) >= 11 is 0. The van der Waals surface area contributed by atoms with Crippen molar-refractivity contribution in [2.24, 2.45) is 0 Å². The molecule has 0 N–H and O–H groups in total. The molecule has 1 aromatic rings. The molecular weight excluding hydrogens is 210 g/mol. The molecule has 5 nitrogen and oxygen atoms in total. The summed E-state index contributed by atoms with van der Waals surface area (Å²) in [6, 6.07) is 3.03. The maximum atomic E-state index is 10.8. The highest BCUT2D eigenvalue weighted by Crippen LogP contribution is 2.29. The van der Waals surface area contributed by atoms with Crippen LogP contribution in [0.15, 0.2) is 12.1 Å². The van der Waals surface area contributed by atoms with Crippen molar-refractivity contribution < 1.29 is 14.5 Å². The van der Waals surface area contributed by atoms with E-state index in [0.29, 0.717) is 24.0 Å². The minimum atomic E-state index is -0.475. The molecule has 0 amide bonds. The van der Waals surface area contributed by atoms with Crippen LogP contribution in [0.1, 0.15) is 18.1 Å². The Hall–Kier alpha value is -1.91. The van der Waals surface area contributed by atoms with Gasteiger partial charge in [0.2, 0.25) is 0 Å². The lowest BCUT2D eigenvalue weighted by Gasteiger charge is -2.08. The van der Waals surface area contributed by atoms with Crippen LogP contribution in [0.3, 0.4) is 0 Å². The topological polar surface area (TPSA) is 69.4 Å². The first-order valence-electron chi connectivity index (χ1n) is 4.91. The van der Waals surface area contributed by atoms with Crippen molar-refractivity contribution >= 4 is 12.0 Å². The Bertz CT molecular complexity index is 415. The quantitative estimate of drug-likeness (QED) is 0.434. The van der Waals surface area contributed by atoms with Crippen molar-refractivity contribution in [2.45, 2.75) is 19.8 Å². The molecule has 0 spiro atoms. The molecule has 0 bridgehead atoms. The van der Waals surface area contributed by atoms with E-state index < -0.39 is 4.92 Å². The second kappa shape index (κ2) is 5.25. The molecule has 1 aromatic carbocycles.